The Kier molecular flexibility index (Phi) is 13.2. The molecule has 0 amide bonds. The van der Waals surface area contributed by atoms with E-state index in [2.05, 4.69) is 0 Å². The lowest BCUT2D eigenvalue weighted by Crippen LogP contribution is -2.36. The van der Waals surface area contributed by atoms with Crippen LogP contribution in [-0.4, -0.2) is 62.0 Å². The summed E-state index contributed by atoms with van der Waals surface area (Å²) in [5, 5.41) is 0. The van der Waals surface area contributed by atoms with Gasteiger partial charge in [0.15, 0.2) is 11.5 Å². The number of ether oxygens (including phenoxy) is 7. The van der Waals surface area contributed by atoms with E-state index < -0.39 is 42.2 Å². The third-order valence-electron chi connectivity index (χ3n) is 4.15. The van der Waals surface area contributed by atoms with Crippen molar-refractivity contribution >= 4 is 24.4 Å². The molecule has 0 saturated heterocycles. The maximum Gasteiger partial charge on any atom is 0.513 e. The van der Waals surface area contributed by atoms with Crippen molar-refractivity contribution in [2.24, 2.45) is 5.73 Å². The summed E-state index contributed by atoms with van der Waals surface area (Å²) in [6, 6.07) is 3.21. The van der Waals surface area contributed by atoms with Gasteiger partial charge in [0.2, 0.25) is 0 Å². The number of hydrogen-bond acceptors (Lipinski definition) is 12. The third-order valence-corrected chi connectivity index (χ3v) is 4.15. The van der Waals surface area contributed by atoms with Crippen LogP contribution in [-0.2, 0) is 34.9 Å². The Morgan fingerprint density at radius 3 is 1.97 bits per heavy atom. The first-order valence-corrected chi connectivity index (χ1v) is 12.0. The summed E-state index contributed by atoms with van der Waals surface area (Å²) in [6.45, 7) is 10.3. The molecule has 0 saturated carbocycles. The molecule has 0 spiro atoms. The molecule has 2 atom stereocenters. The highest BCUT2D eigenvalue weighted by Crippen LogP contribution is 2.30. The molecule has 0 radical (unpaired) electrons. The molecule has 0 aliphatic carbocycles. The topological polar surface area (TPSA) is 159 Å². The van der Waals surface area contributed by atoms with Gasteiger partial charge in [0, 0.05) is 0 Å². The standard InChI is InChI=1S/C25H37NO11/c1-7-11-31-22(28)35-19-10-9-17(14-20(19)36-23(29)32-12-8-2)13-18(26)21(27)33-15-16(3)34-24(30)37-25(4,5)6/h9-10,14,16,18H,7-8,11-13,15,26H2,1-6H3/t16-,18-/m0/s1. The number of benzene rings is 1. The molecule has 12 heteroatoms. The first kappa shape index (κ1) is 31.5. The average Bonchev–Trinajstić information content (AvgIpc) is 2.80. The van der Waals surface area contributed by atoms with Gasteiger partial charge in [-0.2, -0.15) is 0 Å². The molecular formula is C25H37NO11. The monoisotopic (exact) mass is 527 g/mol. The number of carbonyl (C=O) groups excluding carboxylic acids is 4. The van der Waals surface area contributed by atoms with Crippen molar-refractivity contribution in [2.75, 3.05) is 19.8 Å². The molecule has 208 valence electrons. The summed E-state index contributed by atoms with van der Waals surface area (Å²) in [4.78, 5) is 47.9. The molecule has 0 unspecified atom stereocenters. The summed E-state index contributed by atoms with van der Waals surface area (Å²) in [6.07, 6.45) is -2.42. The minimum absolute atomic E-state index is 0.00106. The van der Waals surface area contributed by atoms with Crippen molar-refractivity contribution in [3.8, 4) is 11.5 Å². The zero-order valence-electron chi connectivity index (χ0n) is 22.2. The van der Waals surface area contributed by atoms with E-state index in [0.717, 1.165) is 0 Å². The molecule has 1 aromatic rings. The maximum absolute atomic E-state index is 12.3. The highest BCUT2D eigenvalue weighted by Gasteiger charge is 2.23. The summed E-state index contributed by atoms with van der Waals surface area (Å²) in [5.41, 5.74) is 5.73. The Labute approximate surface area is 216 Å². The van der Waals surface area contributed by atoms with E-state index in [0.29, 0.717) is 18.4 Å². The van der Waals surface area contributed by atoms with Crippen molar-refractivity contribution in [1.82, 2.24) is 0 Å². The van der Waals surface area contributed by atoms with Crippen LogP contribution in [0.5, 0.6) is 11.5 Å². The van der Waals surface area contributed by atoms with Gasteiger partial charge in [-0.3, -0.25) is 4.79 Å². The van der Waals surface area contributed by atoms with Crippen LogP contribution in [0, 0.1) is 0 Å². The Morgan fingerprint density at radius 2 is 1.43 bits per heavy atom. The van der Waals surface area contributed by atoms with Crippen molar-refractivity contribution in [2.45, 2.75) is 78.6 Å². The van der Waals surface area contributed by atoms with Crippen LogP contribution in [0.15, 0.2) is 18.2 Å². The summed E-state index contributed by atoms with van der Waals surface area (Å²) in [7, 11) is 0. The molecule has 0 aromatic heterocycles. The third kappa shape index (κ3) is 13.4. The van der Waals surface area contributed by atoms with Gasteiger partial charge < -0.3 is 38.9 Å². The van der Waals surface area contributed by atoms with Crippen LogP contribution in [0.2, 0.25) is 0 Å². The molecular weight excluding hydrogens is 490 g/mol. The van der Waals surface area contributed by atoms with Crippen molar-refractivity contribution in [1.29, 1.82) is 0 Å². The highest BCUT2D eigenvalue weighted by molar-refractivity contribution is 5.76. The lowest BCUT2D eigenvalue weighted by atomic mass is 10.1. The fourth-order valence-electron chi connectivity index (χ4n) is 2.57. The Hall–Kier alpha value is -3.54. The normalized spacial score (nSPS) is 12.5. The minimum atomic E-state index is -1.09. The minimum Gasteiger partial charge on any atom is -0.461 e. The number of nitrogens with two attached hydrogens (primary N) is 1. The molecule has 1 aromatic carbocycles. The van der Waals surface area contributed by atoms with Crippen molar-refractivity contribution in [3.05, 3.63) is 23.8 Å². The molecule has 0 fully saturated rings. The first-order valence-electron chi connectivity index (χ1n) is 12.0. The van der Waals surface area contributed by atoms with Gasteiger partial charge in [-0.25, -0.2) is 14.4 Å². The molecule has 0 bridgehead atoms. The lowest BCUT2D eigenvalue weighted by Gasteiger charge is -2.21. The zero-order valence-corrected chi connectivity index (χ0v) is 22.2. The fourth-order valence-corrected chi connectivity index (χ4v) is 2.57. The quantitative estimate of drug-likeness (QED) is 0.234. The van der Waals surface area contributed by atoms with Crippen molar-refractivity contribution < 1.29 is 52.3 Å². The van der Waals surface area contributed by atoms with Crippen LogP contribution >= 0.6 is 0 Å². The van der Waals surface area contributed by atoms with Crippen LogP contribution in [0.3, 0.4) is 0 Å². The molecule has 0 heterocycles. The molecule has 0 aliphatic heterocycles. The smallest absolute Gasteiger partial charge is 0.461 e. The Bertz CT molecular complexity index is 910. The van der Waals surface area contributed by atoms with E-state index in [4.69, 9.17) is 38.9 Å². The molecule has 1 rings (SSSR count). The van der Waals surface area contributed by atoms with Crippen LogP contribution in [0.4, 0.5) is 14.4 Å². The van der Waals surface area contributed by atoms with Gasteiger partial charge >= 0.3 is 24.4 Å². The van der Waals surface area contributed by atoms with Gasteiger partial charge in [0.05, 0.1) is 13.2 Å². The summed E-state index contributed by atoms with van der Waals surface area (Å²) in [5.74, 6) is -0.942. The highest BCUT2D eigenvalue weighted by atomic mass is 16.8. The SMILES string of the molecule is CCCOC(=O)Oc1ccc(C[C@H](N)C(=O)OC[C@H](C)OC(=O)OC(C)(C)C)cc1OC(=O)OCCC. The number of carbonyl (C=O) groups is 4. The molecule has 2 N–H and O–H groups in total. The summed E-state index contributed by atoms with van der Waals surface area (Å²) < 4.78 is 35.3. The van der Waals surface area contributed by atoms with Gasteiger partial charge in [-0.15, -0.1) is 0 Å². The van der Waals surface area contributed by atoms with Crippen LogP contribution in [0.25, 0.3) is 0 Å². The van der Waals surface area contributed by atoms with E-state index in [1.807, 2.05) is 13.8 Å². The average molecular weight is 528 g/mol. The van der Waals surface area contributed by atoms with Gasteiger partial charge in [0.25, 0.3) is 0 Å². The Morgan fingerprint density at radius 1 is 0.865 bits per heavy atom. The van der Waals surface area contributed by atoms with E-state index in [9.17, 15) is 19.2 Å². The maximum atomic E-state index is 12.3. The second kappa shape index (κ2) is 15.5. The lowest BCUT2D eigenvalue weighted by molar-refractivity contribution is -0.148. The first-order chi connectivity index (χ1) is 17.3. The van der Waals surface area contributed by atoms with E-state index >= 15 is 0 Å². The van der Waals surface area contributed by atoms with E-state index in [1.54, 1.807) is 20.8 Å². The van der Waals surface area contributed by atoms with Crippen LogP contribution in [0.1, 0.15) is 59.9 Å². The number of rotatable bonds is 12. The summed E-state index contributed by atoms with van der Waals surface area (Å²) >= 11 is 0. The second-order valence-corrected chi connectivity index (χ2v) is 9.02. The Balaban J connectivity index is 2.80. The molecule has 37 heavy (non-hydrogen) atoms. The predicted octanol–water partition coefficient (Wildman–Crippen LogP) is 4.29. The molecule has 12 nitrogen and oxygen atoms in total. The predicted molar refractivity (Wildman–Crippen MR) is 130 cm³/mol. The zero-order chi connectivity index (χ0) is 28.0. The van der Waals surface area contributed by atoms with Crippen LogP contribution < -0.4 is 15.2 Å². The van der Waals surface area contributed by atoms with E-state index in [1.165, 1.54) is 25.1 Å². The molecule has 0 aliphatic rings. The van der Waals surface area contributed by atoms with Gasteiger partial charge in [0.1, 0.15) is 24.4 Å². The number of esters is 1. The largest absolute Gasteiger partial charge is 0.513 e. The van der Waals surface area contributed by atoms with Gasteiger partial charge in [-0.05, 0) is 64.7 Å². The number of hydrogen-bond donors (Lipinski definition) is 1. The van der Waals surface area contributed by atoms with Gasteiger partial charge in [-0.1, -0.05) is 19.9 Å². The van der Waals surface area contributed by atoms with E-state index in [-0.39, 0.29) is 37.7 Å². The van der Waals surface area contributed by atoms with Crippen molar-refractivity contribution in [3.63, 3.8) is 0 Å². The fraction of sp³-hybridized carbons (Fsp3) is 0.600. The second-order valence-electron chi connectivity index (χ2n) is 9.02.